The Hall–Kier alpha value is -0.390. The third-order valence-corrected chi connectivity index (χ3v) is 3.38. The largest absolute Gasteiger partial charge is 0.466 e. The van der Waals surface area contributed by atoms with E-state index in [1.807, 2.05) is 5.38 Å². The van der Waals surface area contributed by atoms with Crippen molar-refractivity contribution >= 4 is 33.2 Å². The van der Waals surface area contributed by atoms with Crippen molar-refractivity contribution in [2.75, 3.05) is 6.61 Å². The van der Waals surface area contributed by atoms with Crippen molar-refractivity contribution in [2.24, 2.45) is 0 Å². The molecule has 0 saturated carbocycles. The monoisotopic (exact) mass is 278 g/mol. The molecule has 0 aliphatic rings. The molecule has 14 heavy (non-hydrogen) atoms. The Kier molecular flexibility index (Phi) is 4.57. The number of aliphatic hydroxyl groups is 1. The third kappa shape index (κ3) is 3.40. The van der Waals surface area contributed by atoms with E-state index < -0.39 is 6.10 Å². The second-order valence-electron chi connectivity index (χ2n) is 2.69. The SMILES string of the molecule is CCOC(=O)CC(O)c1cc(Br)cs1. The van der Waals surface area contributed by atoms with Crippen LogP contribution in [0.25, 0.3) is 0 Å². The average molecular weight is 279 g/mol. The first-order valence-corrected chi connectivity index (χ1v) is 5.88. The van der Waals surface area contributed by atoms with Gasteiger partial charge in [0.25, 0.3) is 0 Å². The number of hydrogen-bond acceptors (Lipinski definition) is 4. The summed E-state index contributed by atoms with van der Waals surface area (Å²) < 4.78 is 5.65. The quantitative estimate of drug-likeness (QED) is 0.861. The van der Waals surface area contributed by atoms with Crippen LogP contribution in [0.4, 0.5) is 0 Å². The van der Waals surface area contributed by atoms with Crippen LogP contribution < -0.4 is 0 Å². The van der Waals surface area contributed by atoms with Crippen molar-refractivity contribution in [2.45, 2.75) is 19.4 Å². The van der Waals surface area contributed by atoms with Gasteiger partial charge < -0.3 is 9.84 Å². The number of thiophene rings is 1. The van der Waals surface area contributed by atoms with Crippen molar-refractivity contribution < 1.29 is 14.6 Å². The summed E-state index contributed by atoms with van der Waals surface area (Å²) in [6.45, 7) is 2.09. The lowest BCUT2D eigenvalue weighted by Crippen LogP contribution is -2.09. The molecule has 1 atom stereocenters. The van der Waals surface area contributed by atoms with E-state index in [9.17, 15) is 9.90 Å². The number of aliphatic hydroxyl groups excluding tert-OH is 1. The van der Waals surface area contributed by atoms with E-state index in [-0.39, 0.29) is 12.4 Å². The summed E-state index contributed by atoms with van der Waals surface area (Å²) in [7, 11) is 0. The lowest BCUT2D eigenvalue weighted by molar-refractivity contribution is -0.145. The van der Waals surface area contributed by atoms with Crippen LogP contribution >= 0.6 is 27.3 Å². The standard InChI is InChI=1S/C9H11BrO3S/c1-2-13-9(12)4-7(11)8-3-6(10)5-14-8/h3,5,7,11H,2,4H2,1H3. The van der Waals surface area contributed by atoms with Crippen LogP contribution in [0.15, 0.2) is 15.9 Å². The van der Waals surface area contributed by atoms with E-state index >= 15 is 0 Å². The molecule has 0 amide bonds. The number of ether oxygens (including phenoxy) is 1. The van der Waals surface area contributed by atoms with Gasteiger partial charge in [0.2, 0.25) is 0 Å². The van der Waals surface area contributed by atoms with E-state index in [2.05, 4.69) is 15.9 Å². The number of carbonyl (C=O) groups is 1. The highest BCUT2D eigenvalue weighted by Crippen LogP contribution is 2.27. The fourth-order valence-corrected chi connectivity index (χ4v) is 2.41. The molecule has 1 heterocycles. The third-order valence-electron chi connectivity index (χ3n) is 1.58. The minimum atomic E-state index is -0.759. The van der Waals surface area contributed by atoms with Gasteiger partial charge in [0.05, 0.1) is 19.1 Å². The van der Waals surface area contributed by atoms with Gasteiger partial charge in [0, 0.05) is 14.7 Å². The zero-order valence-corrected chi connectivity index (χ0v) is 10.1. The van der Waals surface area contributed by atoms with Gasteiger partial charge >= 0.3 is 5.97 Å². The zero-order chi connectivity index (χ0) is 10.6. The molecule has 1 N–H and O–H groups in total. The topological polar surface area (TPSA) is 46.5 Å². The van der Waals surface area contributed by atoms with Crippen molar-refractivity contribution in [1.29, 1.82) is 0 Å². The molecule has 78 valence electrons. The first-order chi connectivity index (χ1) is 6.63. The smallest absolute Gasteiger partial charge is 0.308 e. The fourth-order valence-electron chi connectivity index (χ4n) is 0.981. The highest BCUT2D eigenvalue weighted by molar-refractivity contribution is 9.10. The van der Waals surface area contributed by atoms with Gasteiger partial charge in [-0.2, -0.15) is 0 Å². The number of carbonyl (C=O) groups excluding carboxylic acids is 1. The lowest BCUT2D eigenvalue weighted by Gasteiger charge is -2.06. The van der Waals surface area contributed by atoms with Crippen molar-refractivity contribution in [3.05, 3.63) is 20.8 Å². The lowest BCUT2D eigenvalue weighted by atomic mass is 10.2. The van der Waals surface area contributed by atoms with Gasteiger partial charge in [-0.25, -0.2) is 0 Å². The van der Waals surface area contributed by atoms with Crippen LogP contribution in [0.3, 0.4) is 0 Å². The number of hydrogen-bond donors (Lipinski definition) is 1. The van der Waals surface area contributed by atoms with Crippen LogP contribution in [-0.4, -0.2) is 17.7 Å². The van der Waals surface area contributed by atoms with E-state index in [1.54, 1.807) is 13.0 Å². The van der Waals surface area contributed by atoms with Gasteiger partial charge in [-0.1, -0.05) is 0 Å². The summed E-state index contributed by atoms with van der Waals surface area (Å²) in [5, 5.41) is 11.5. The molecular formula is C9H11BrO3S. The van der Waals surface area contributed by atoms with Gasteiger partial charge in [-0.05, 0) is 28.9 Å². The normalized spacial score (nSPS) is 12.5. The minimum absolute atomic E-state index is 0.0147. The molecule has 0 radical (unpaired) electrons. The van der Waals surface area contributed by atoms with Gasteiger partial charge in [0.15, 0.2) is 0 Å². The highest BCUT2D eigenvalue weighted by Gasteiger charge is 2.15. The second kappa shape index (κ2) is 5.48. The Balaban J connectivity index is 2.50. The van der Waals surface area contributed by atoms with Crippen LogP contribution in [0, 0.1) is 0 Å². The van der Waals surface area contributed by atoms with Gasteiger partial charge in [-0.3, -0.25) is 4.79 Å². The maximum atomic E-state index is 11.0. The molecule has 0 bridgehead atoms. The molecule has 1 unspecified atom stereocenters. The number of esters is 1. The fraction of sp³-hybridized carbons (Fsp3) is 0.444. The summed E-state index contributed by atoms with van der Waals surface area (Å²) >= 11 is 4.69. The Morgan fingerprint density at radius 2 is 2.50 bits per heavy atom. The molecule has 0 aliphatic heterocycles. The maximum Gasteiger partial charge on any atom is 0.308 e. The van der Waals surface area contributed by atoms with Gasteiger partial charge in [0.1, 0.15) is 0 Å². The summed E-state index contributed by atoms with van der Waals surface area (Å²) in [6.07, 6.45) is -0.744. The number of rotatable bonds is 4. The Morgan fingerprint density at radius 3 is 3.00 bits per heavy atom. The number of halogens is 1. The molecule has 0 saturated heterocycles. The molecular weight excluding hydrogens is 268 g/mol. The zero-order valence-electron chi connectivity index (χ0n) is 7.70. The first-order valence-electron chi connectivity index (χ1n) is 4.21. The van der Waals surface area contributed by atoms with E-state index in [4.69, 9.17) is 4.74 Å². The summed E-state index contributed by atoms with van der Waals surface area (Å²) in [5.74, 6) is -0.371. The van der Waals surface area contributed by atoms with E-state index in [0.717, 1.165) is 9.35 Å². The second-order valence-corrected chi connectivity index (χ2v) is 4.55. The predicted octanol–water partition coefficient (Wildman–Crippen LogP) is 2.50. The predicted molar refractivity (Wildman–Crippen MR) is 58.2 cm³/mol. The molecule has 0 aliphatic carbocycles. The summed E-state index contributed by atoms with van der Waals surface area (Å²) in [5.41, 5.74) is 0. The van der Waals surface area contributed by atoms with Crippen LogP contribution in [0.5, 0.6) is 0 Å². The molecule has 1 rings (SSSR count). The maximum absolute atomic E-state index is 11.0. The van der Waals surface area contributed by atoms with Gasteiger partial charge in [-0.15, -0.1) is 11.3 Å². The van der Waals surface area contributed by atoms with Crippen LogP contribution in [0.1, 0.15) is 24.3 Å². The molecule has 5 heteroatoms. The molecule has 3 nitrogen and oxygen atoms in total. The molecule has 0 aromatic carbocycles. The summed E-state index contributed by atoms with van der Waals surface area (Å²) in [6, 6.07) is 1.80. The molecule has 1 aromatic rings. The Labute approximate surface area is 94.8 Å². The Morgan fingerprint density at radius 1 is 1.79 bits per heavy atom. The molecule has 0 spiro atoms. The van der Waals surface area contributed by atoms with Crippen LogP contribution in [0.2, 0.25) is 0 Å². The van der Waals surface area contributed by atoms with E-state index in [0.29, 0.717) is 6.61 Å². The Bertz CT molecular complexity index is 311. The highest BCUT2D eigenvalue weighted by atomic mass is 79.9. The van der Waals surface area contributed by atoms with Crippen molar-refractivity contribution in [1.82, 2.24) is 0 Å². The summed E-state index contributed by atoms with van der Waals surface area (Å²) in [4.78, 5) is 11.8. The molecule has 1 aromatic heterocycles. The van der Waals surface area contributed by atoms with E-state index in [1.165, 1.54) is 11.3 Å². The van der Waals surface area contributed by atoms with Crippen LogP contribution in [-0.2, 0) is 9.53 Å². The van der Waals surface area contributed by atoms with Crippen molar-refractivity contribution in [3.8, 4) is 0 Å². The van der Waals surface area contributed by atoms with Crippen molar-refractivity contribution in [3.63, 3.8) is 0 Å². The minimum Gasteiger partial charge on any atom is -0.466 e. The average Bonchev–Trinajstić information content (AvgIpc) is 2.52. The molecule has 0 fully saturated rings. The first kappa shape index (κ1) is 11.7.